The van der Waals surface area contributed by atoms with Gasteiger partial charge in [0.05, 0.1) is 22.5 Å². The fraction of sp³-hybridized carbons (Fsp3) is 0.240. The van der Waals surface area contributed by atoms with Crippen molar-refractivity contribution in [1.82, 2.24) is 9.88 Å². The maximum absolute atomic E-state index is 12.5. The molecule has 4 amide bonds. The van der Waals surface area contributed by atoms with Crippen LogP contribution in [0, 0.1) is 6.92 Å². The quantitative estimate of drug-likeness (QED) is 0.507. The zero-order valence-electron chi connectivity index (χ0n) is 19.1. The van der Waals surface area contributed by atoms with Gasteiger partial charge in [-0.3, -0.25) is 24.1 Å². The first-order chi connectivity index (χ1) is 16.8. The van der Waals surface area contributed by atoms with Crippen LogP contribution in [-0.4, -0.2) is 46.2 Å². The molecule has 178 valence electrons. The Hall–Kier alpha value is -4.05. The predicted molar refractivity (Wildman–Crippen MR) is 131 cm³/mol. The minimum absolute atomic E-state index is 0.141. The van der Waals surface area contributed by atoms with Crippen LogP contribution in [0.3, 0.4) is 0 Å². The van der Waals surface area contributed by atoms with E-state index in [4.69, 9.17) is 4.74 Å². The van der Waals surface area contributed by atoms with Crippen molar-refractivity contribution in [3.05, 3.63) is 58.5 Å². The second-order valence-electron chi connectivity index (χ2n) is 8.34. The number of ether oxygens (including phenoxy) is 1. The lowest BCUT2D eigenvalue weighted by molar-refractivity contribution is -0.122. The molecule has 3 heterocycles. The SMILES string of the molecule is Cc1sc(NC(=O)CCCN2C(=O)c3ccccc3C2=O)nc1-c1ccc2c(c1)NC(=O)C(C)O2. The minimum Gasteiger partial charge on any atom is -0.479 e. The summed E-state index contributed by atoms with van der Waals surface area (Å²) in [4.78, 5) is 55.9. The van der Waals surface area contributed by atoms with Crippen molar-refractivity contribution >= 4 is 45.8 Å². The molecule has 2 N–H and O–H groups in total. The van der Waals surface area contributed by atoms with Crippen LogP contribution in [0.25, 0.3) is 11.3 Å². The second-order valence-corrected chi connectivity index (χ2v) is 9.55. The lowest BCUT2D eigenvalue weighted by atomic mass is 10.1. The highest BCUT2D eigenvalue weighted by molar-refractivity contribution is 7.16. The first-order valence-electron chi connectivity index (χ1n) is 11.2. The van der Waals surface area contributed by atoms with Crippen LogP contribution in [0.4, 0.5) is 10.8 Å². The molecule has 0 fully saturated rings. The van der Waals surface area contributed by atoms with E-state index < -0.39 is 6.10 Å². The maximum atomic E-state index is 12.5. The summed E-state index contributed by atoms with van der Waals surface area (Å²) in [7, 11) is 0. The molecule has 35 heavy (non-hydrogen) atoms. The van der Waals surface area contributed by atoms with Crippen molar-refractivity contribution < 1.29 is 23.9 Å². The zero-order valence-corrected chi connectivity index (χ0v) is 19.9. The number of hydrogen-bond acceptors (Lipinski definition) is 7. The van der Waals surface area contributed by atoms with Crippen LogP contribution in [0.1, 0.15) is 45.4 Å². The number of aryl methyl sites for hydroxylation is 1. The monoisotopic (exact) mass is 490 g/mol. The number of carbonyl (C=O) groups is 4. The van der Waals surface area contributed by atoms with Gasteiger partial charge in [-0.15, -0.1) is 11.3 Å². The first kappa shape index (κ1) is 22.7. The van der Waals surface area contributed by atoms with E-state index in [1.165, 1.54) is 16.2 Å². The number of nitrogens with one attached hydrogen (secondary N) is 2. The number of rotatable bonds is 6. The van der Waals surface area contributed by atoms with Crippen LogP contribution < -0.4 is 15.4 Å². The molecule has 1 atom stereocenters. The summed E-state index contributed by atoms with van der Waals surface area (Å²) in [6.07, 6.45) is -0.0626. The maximum Gasteiger partial charge on any atom is 0.265 e. The van der Waals surface area contributed by atoms with Gasteiger partial charge in [-0.1, -0.05) is 12.1 Å². The zero-order chi connectivity index (χ0) is 24.7. The molecule has 10 heteroatoms. The number of thiazole rings is 1. The Labute approximate surface area is 205 Å². The molecule has 3 aromatic rings. The van der Waals surface area contributed by atoms with Gasteiger partial charge in [0, 0.05) is 23.4 Å². The van der Waals surface area contributed by atoms with Crippen LogP contribution in [0.15, 0.2) is 42.5 Å². The van der Waals surface area contributed by atoms with Gasteiger partial charge >= 0.3 is 0 Å². The molecule has 0 spiro atoms. The predicted octanol–water partition coefficient (Wildman–Crippen LogP) is 3.85. The van der Waals surface area contributed by atoms with E-state index in [0.29, 0.717) is 39.8 Å². The number of aromatic nitrogens is 1. The van der Waals surface area contributed by atoms with Crippen molar-refractivity contribution in [2.24, 2.45) is 0 Å². The van der Waals surface area contributed by atoms with Gasteiger partial charge in [0.25, 0.3) is 17.7 Å². The highest BCUT2D eigenvalue weighted by Crippen LogP contribution is 2.37. The van der Waals surface area contributed by atoms with Crippen LogP contribution in [0.5, 0.6) is 5.75 Å². The average molecular weight is 491 g/mol. The molecule has 0 aliphatic carbocycles. The third-order valence-electron chi connectivity index (χ3n) is 5.89. The molecule has 0 saturated heterocycles. The molecule has 2 aliphatic heterocycles. The van der Waals surface area contributed by atoms with Crippen molar-refractivity contribution in [3.63, 3.8) is 0 Å². The number of anilines is 2. The molecule has 0 bridgehead atoms. The molecule has 9 nitrogen and oxygen atoms in total. The molecular formula is C25H22N4O5S. The highest BCUT2D eigenvalue weighted by atomic mass is 32.1. The summed E-state index contributed by atoms with van der Waals surface area (Å²) in [5, 5.41) is 6.08. The summed E-state index contributed by atoms with van der Waals surface area (Å²) >= 11 is 1.35. The summed E-state index contributed by atoms with van der Waals surface area (Å²) in [6.45, 7) is 3.76. The highest BCUT2D eigenvalue weighted by Gasteiger charge is 2.34. The van der Waals surface area contributed by atoms with Crippen LogP contribution in [-0.2, 0) is 9.59 Å². The Morgan fingerprint density at radius 1 is 1.14 bits per heavy atom. The van der Waals surface area contributed by atoms with Gasteiger partial charge in [-0.2, -0.15) is 0 Å². The Bertz CT molecular complexity index is 1350. The summed E-state index contributed by atoms with van der Waals surface area (Å²) < 4.78 is 5.60. The summed E-state index contributed by atoms with van der Waals surface area (Å²) in [6, 6.07) is 12.2. The largest absolute Gasteiger partial charge is 0.479 e. The third kappa shape index (κ3) is 4.28. The molecule has 1 unspecified atom stereocenters. The lowest BCUT2D eigenvalue weighted by Gasteiger charge is -2.23. The van der Waals surface area contributed by atoms with Crippen molar-refractivity contribution in [3.8, 4) is 17.0 Å². The van der Waals surface area contributed by atoms with E-state index in [9.17, 15) is 19.2 Å². The first-order valence-corrected chi connectivity index (χ1v) is 12.0. The molecule has 0 saturated carbocycles. The van der Waals surface area contributed by atoms with E-state index >= 15 is 0 Å². The van der Waals surface area contributed by atoms with E-state index in [0.717, 1.165) is 10.4 Å². The lowest BCUT2D eigenvalue weighted by Crippen LogP contribution is -2.34. The molecule has 0 radical (unpaired) electrons. The Kier molecular flexibility index (Phi) is 5.81. The van der Waals surface area contributed by atoms with Gasteiger partial charge in [-0.05, 0) is 50.6 Å². The summed E-state index contributed by atoms with van der Waals surface area (Å²) in [5.41, 5.74) is 2.87. The van der Waals surface area contributed by atoms with Gasteiger partial charge in [-0.25, -0.2) is 4.98 Å². The van der Waals surface area contributed by atoms with E-state index in [1.807, 2.05) is 13.0 Å². The second kappa shape index (κ2) is 8.95. The Morgan fingerprint density at radius 2 is 1.86 bits per heavy atom. The average Bonchev–Trinajstić information content (AvgIpc) is 3.31. The number of nitrogens with zero attached hydrogens (tertiary/aromatic N) is 2. The van der Waals surface area contributed by atoms with E-state index in [1.54, 1.807) is 43.3 Å². The fourth-order valence-corrected chi connectivity index (χ4v) is 4.95. The summed E-state index contributed by atoms with van der Waals surface area (Å²) in [5.74, 6) is -0.513. The number of carbonyl (C=O) groups excluding carboxylic acids is 4. The minimum atomic E-state index is -0.548. The van der Waals surface area contributed by atoms with Crippen LogP contribution in [0.2, 0.25) is 0 Å². The standard InChI is InChI=1S/C25H22N4O5S/c1-13-22(31)26-18-12-15(9-10-19(18)34-13)21-14(2)35-25(28-21)27-20(30)8-5-11-29-23(32)16-6-3-4-7-17(16)24(29)33/h3-4,6-7,9-10,12-13H,5,8,11H2,1-2H3,(H,26,31)(H,27,28,30). The normalized spacial score (nSPS) is 16.5. The van der Waals surface area contributed by atoms with E-state index in [2.05, 4.69) is 15.6 Å². The molecule has 2 aliphatic rings. The molecular weight excluding hydrogens is 468 g/mol. The fourth-order valence-electron chi connectivity index (χ4n) is 4.10. The van der Waals surface area contributed by atoms with Gasteiger partial charge in [0.2, 0.25) is 5.91 Å². The number of amides is 4. The smallest absolute Gasteiger partial charge is 0.265 e. The van der Waals surface area contributed by atoms with Crippen LogP contribution >= 0.6 is 11.3 Å². The van der Waals surface area contributed by atoms with Crippen molar-refractivity contribution in [1.29, 1.82) is 0 Å². The van der Waals surface area contributed by atoms with Crippen molar-refractivity contribution in [2.45, 2.75) is 32.8 Å². The number of hydrogen-bond donors (Lipinski definition) is 2. The van der Waals surface area contributed by atoms with Gasteiger partial charge < -0.3 is 15.4 Å². The Balaban J connectivity index is 1.20. The van der Waals surface area contributed by atoms with Gasteiger partial charge in [0.1, 0.15) is 5.75 Å². The molecule has 2 aromatic carbocycles. The molecule has 5 rings (SSSR count). The van der Waals surface area contributed by atoms with Crippen molar-refractivity contribution in [2.75, 3.05) is 17.2 Å². The number of benzene rings is 2. The topological polar surface area (TPSA) is 118 Å². The third-order valence-corrected chi connectivity index (χ3v) is 6.78. The number of fused-ring (bicyclic) bond motifs is 2. The Morgan fingerprint density at radius 3 is 2.57 bits per heavy atom. The van der Waals surface area contributed by atoms with E-state index in [-0.39, 0.29) is 36.6 Å². The van der Waals surface area contributed by atoms with Gasteiger partial charge in [0.15, 0.2) is 11.2 Å². The molecule has 1 aromatic heterocycles. The number of imide groups is 1.